The zero-order valence-electron chi connectivity index (χ0n) is 11.1. The molecule has 0 unspecified atom stereocenters. The summed E-state index contributed by atoms with van der Waals surface area (Å²) >= 11 is 5.95. The van der Waals surface area contributed by atoms with Crippen LogP contribution >= 0.6 is 11.6 Å². The second kappa shape index (κ2) is 5.15. The average molecular weight is 301 g/mol. The molecule has 0 N–H and O–H groups in total. The number of aryl methyl sites for hydroxylation is 1. The Bertz CT molecular complexity index is 879. The number of nitriles is 1. The maximum atomic E-state index is 13.5. The second-order valence-corrected chi connectivity index (χ2v) is 4.84. The Morgan fingerprint density at radius 3 is 2.81 bits per heavy atom. The van der Waals surface area contributed by atoms with Gasteiger partial charge in [0.25, 0.3) is 0 Å². The van der Waals surface area contributed by atoms with E-state index in [2.05, 4.69) is 9.97 Å². The number of nitrogens with zero attached hydrogens (tertiary/aromatic N) is 4. The molecule has 0 saturated carbocycles. The Morgan fingerprint density at radius 2 is 2.10 bits per heavy atom. The highest BCUT2D eigenvalue weighted by atomic mass is 35.5. The summed E-state index contributed by atoms with van der Waals surface area (Å²) in [5, 5.41) is 8.97. The van der Waals surface area contributed by atoms with Crippen LogP contribution in [0.3, 0.4) is 0 Å². The van der Waals surface area contributed by atoms with Gasteiger partial charge < -0.3 is 0 Å². The predicted molar refractivity (Wildman–Crippen MR) is 77.8 cm³/mol. The topological polar surface area (TPSA) is 54.5 Å². The number of hydrogen-bond donors (Lipinski definition) is 0. The molecule has 0 saturated heterocycles. The van der Waals surface area contributed by atoms with Crippen molar-refractivity contribution in [2.75, 3.05) is 0 Å². The van der Waals surface area contributed by atoms with Crippen LogP contribution in [-0.4, -0.2) is 14.5 Å². The molecule has 1 aromatic carbocycles. The largest absolute Gasteiger partial charge is 0.280 e. The first-order valence-electron chi connectivity index (χ1n) is 6.25. The van der Waals surface area contributed by atoms with Crippen LogP contribution in [-0.2, 0) is 5.88 Å². The van der Waals surface area contributed by atoms with Crippen LogP contribution in [0.25, 0.3) is 16.9 Å². The Balaban J connectivity index is 2.33. The van der Waals surface area contributed by atoms with E-state index in [1.54, 1.807) is 10.6 Å². The lowest BCUT2D eigenvalue weighted by Crippen LogP contribution is -2.02. The first-order chi connectivity index (χ1) is 10.1. The molecule has 0 aliphatic carbocycles. The average Bonchev–Trinajstić information content (AvgIpc) is 2.85. The van der Waals surface area contributed by atoms with Crippen molar-refractivity contribution in [3.8, 4) is 11.8 Å². The maximum Gasteiger partial charge on any atom is 0.164 e. The quantitative estimate of drug-likeness (QED) is 0.681. The molecule has 0 atom stereocenters. The third-order valence-corrected chi connectivity index (χ3v) is 3.40. The summed E-state index contributed by atoms with van der Waals surface area (Å²) < 4.78 is 15.2. The Kier molecular flexibility index (Phi) is 3.32. The van der Waals surface area contributed by atoms with Gasteiger partial charge in [-0.3, -0.25) is 4.57 Å². The van der Waals surface area contributed by atoms with Crippen LogP contribution in [0.15, 0.2) is 30.3 Å². The van der Waals surface area contributed by atoms with Crippen molar-refractivity contribution < 1.29 is 4.39 Å². The van der Waals surface area contributed by atoms with E-state index in [0.717, 1.165) is 5.69 Å². The van der Waals surface area contributed by atoms with Crippen molar-refractivity contribution in [3.05, 3.63) is 53.2 Å². The summed E-state index contributed by atoms with van der Waals surface area (Å²) in [6.07, 6.45) is 0. The van der Waals surface area contributed by atoms with E-state index in [0.29, 0.717) is 22.7 Å². The van der Waals surface area contributed by atoms with Crippen molar-refractivity contribution in [2.45, 2.75) is 12.8 Å². The van der Waals surface area contributed by atoms with Crippen LogP contribution < -0.4 is 0 Å². The third-order valence-electron chi connectivity index (χ3n) is 3.16. The molecule has 0 radical (unpaired) electrons. The molecule has 3 aromatic rings. The number of alkyl halides is 1. The number of halogens is 2. The summed E-state index contributed by atoms with van der Waals surface area (Å²) in [6.45, 7) is 1.88. The summed E-state index contributed by atoms with van der Waals surface area (Å²) in [7, 11) is 0. The van der Waals surface area contributed by atoms with Gasteiger partial charge in [-0.05, 0) is 37.3 Å². The van der Waals surface area contributed by atoms with Gasteiger partial charge in [-0.15, -0.1) is 11.6 Å². The van der Waals surface area contributed by atoms with Crippen molar-refractivity contribution >= 4 is 22.8 Å². The maximum absolute atomic E-state index is 13.5. The van der Waals surface area contributed by atoms with Crippen LogP contribution in [0.2, 0.25) is 0 Å². The third kappa shape index (κ3) is 2.24. The van der Waals surface area contributed by atoms with E-state index < -0.39 is 5.82 Å². The highest BCUT2D eigenvalue weighted by Crippen LogP contribution is 2.23. The van der Waals surface area contributed by atoms with Gasteiger partial charge in [0.05, 0.1) is 17.1 Å². The van der Waals surface area contributed by atoms with Crippen molar-refractivity contribution in [3.63, 3.8) is 0 Å². The summed E-state index contributed by atoms with van der Waals surface area (Å²) in [6, 6.07) is 9.86. The first kappa shape index (κ1) is 13.5. The minimum absolute atomic E-state index is 0.0254. The van der Waals surface area contributed by atoms with Gasteiger partial charge >= 0.3 is 0 Å². The minimum atomic E-state index is -0.553. The van der Waals surface area contributed by atoms with Gasteiger partial charge in [0, 0.05) is 5.69 Å². The molecule has 0 fully saturated rings. The van der Waals surface area contributed by atoms with Gasteiger partial charge in [0.2, 0.25) is 0 Å². The molecule has 0 aliphatic heterocycles. The lowest BCUT2D eigenvalue weighted by molar-refractivity contribution is 0.623. The fraction of sp³-hybridized carbons (Fsp3) is 0.133. The van der Waals surface area contributed by atoms with Gasteiger partial charge in [0.1, 0.15) is 23.2 Å². The number of aromatic nitrogens is 3. The highest BCUT2D eigenvalue weighted by Gasteiger charge is 2.14. The van der Waals surface area contributed by atoms with Gasteiger partial charge in [-0.25, -0.2) is 14.4 Å². The predicted octanol–water partition coefficient (Wildman–Crippen LogP) is 3.48. The fourth-order valence-corrected chi connectivity index (χ4v) is 2.38. The number of imidazole rings is 1. The molecule has 0 spiro atoms. The van der Waals surface area contributed by atoms with Crippen LogP contribution in [0, 0.1) is 24.1 Å². The molecule has 4 nitrogen and oxygen atoms in total. The Morgan fingerprint density at radius 1 is 1.29 bits per heavy atom. The van der Waals surface area contributed by atoms with Crippen molar-refractivity contribution in [1.29, 1.82) is 5.26 Å². The number of rotatable bonds is 2. The zero-order chi connectivity index (χ0) is 15.0. The Labute approximate surface area is 125 Å². The summed E-state index contributed by atoms with van der Waals surface area (Å²) in [5.41, 5.74) is 2.78. The normalized spacial score (nSPS) is 10.8. The van der Waals surface area contributed by atoms with E-state index in [9.17, 15) is 4.39 Å². The van der Waals surface area contributed by atoms with Gasteiger partial charge in [-0.2, -0.15) is 5.26 Å². The van der Waals surface area contributed by atoms with Gasteiger partial charge in [0.15, 0.2) is 5.65 Å². The van der Waals surface area contributed by atoms with Gasteiger partial charge in [-0.1, -0.05) is 0 Å². The number of pyridine rings is 1. The van der Waals surface area contributed by atoms with Crippen LogP contribution in [0.5, 0.6) is 0 Å². The smallest absolute Gasteiger partial charge is 0.164 e. The highest BCUT2D eigenvalue weighted by molar-refractivity contribution is 6.16. The number of fused-ring (bicyclic) bond motifs is 1. The zero-order valence-corrected chi connectivity index (χ0v) is 11.9. The van der Waals surface area contributed by atoms with E-state index in [1.807, 2.05) is 25.1 Å². The Hall–Kier alpha value is -2.45. The molecular formula is C15H10ClFN4. The summed E-state index contributed by atoms with van der Waals surface area (Å²) in [5.74, 6) is 0.233. The molecule has 21 heavy (non-hydrogen) atoms. The van der Waals surface area contributed by atoms with E-state index in [-0.39, 0.29) is 11.4 Å². The fourth-order valence-electron chi connectivity index (χ4n) is 2.20. The lowest BCUT2D eigenvalue weighted by atomic mass is 10.2. The minimum Gasteiger partial charge on any atom is -0.280 e. The number of benzene rings is 1. The standard InChI is InChI=1S/C15H10ClFN4/c1-9-2-5-13-15(19-9)21(14(7-16)20-13)11-3-4-12(17)10(6-11)8-18/h2-6H,7H2,1H3. The molecule has 2 heterocycles. The van der Waals surface area contributed by atoms with Crippen LogP contribution in [0.1, 0.15) is 17.1 Å². The summed E-state index contributed by atoms with van der Waals surface area (Å²) in [4.78, 5) is 8.88. The molecule has 3 rings (SSSR count). The first-order valence-corrected chi connectivity index (χ1v) is 6.78. The van der Waals surface area contributed by atoms with Crippen LogP contribution in [0.4, 0.5) is 4.39 Å². The SMILES string of the molecule is Cc1ccc2nc(CCl)n(-c3ccc(F)c(C#N)c3)c2n1. The molecule has 6 heteroatoms. The second-order valence-electron chi connectivity index (χ2n) is 4.57. The molecule has 0 aliphatic rings. The van der Waals surface area contributed by atoms with E-state index in [4.69, 9.17) is 16.9 Å². The van der Waals surface area contributed by atoms with E-state index >= 15 is 0 Å². The van der Waals surface area contributed by atoms with Crippen molar-refractivity contribution in [2.24, 2.45) is 0 Å². The van der Waals surface area contributed by atoms with Crippen molar-refractivity contribution in [1.82, 2.24) is 14.5 Å². The van der Waals surface area contributed by atoms with E-state index in [1.165, 1.54) is 12.1 Å². The molecule has 0 bridgehead atoms. The molecule has 104 valence electrons. The number of hydrogen-bond acceptors (Lipinski definition) is 3. The molecule has 0 amide bonds. The monoisotopic (exact) mass is 300 g/mol. The molecular weight excluding hydrogens is 291 g/mol. The molecule has 2 aromatic heterocycles. The lowest BCUT2D eigenvalue weighted by Gasteiger charge is -2.08.